The van der Waals surface area contributed by atoms with Crippen LogP contribution in [0.2, 0.25) is 0 Å². The lowest BCUT2D eigenvalue weighted by molar-refractivity contribution is 0.930. The van der Waals surface area contributed by atoms with E-state index in [-0.39, 0.29) is 0 Å². The number of aromatic nitrogens is 3. The smallest absolute Gasteiger partial charge is 0.130 e. The molecule has 0 saturated heterocycles. The Morgan fingerprint density at radius 2 is 2.21 bits per heavy atom. The fourth-order valence-electron chi connectivity index (χ4n) is 1.39. The van der Waals surface area contributed by atoms with Crippen molar-refractivity contribution in [3.05, 3.63) is 18.6 Å². The fraction of sp³-hybridized carbons (Fsp3) is 0.400. The first-order valence-corrected chi connectivity index (χ1v) is 4.70. The van der Waals surface area contributed by atoms with Gasteiger partial charge >= 0.3 is 0 Å². The van der Waals surface area contributed by atoms with Gasteiger partial charge in [0, 0.05) is 26.7 Å². The Kier molecular flexibility index (Phi) is 2.11. The second kappa shape index (κ2) is 3.29. The molecule has 2 aromatic heterocycles. The average molecular weight is 190 g/mol. The van der Waals surface area contributed by atoms with Gasteiger partial charge < -0.3 is 9.47 Å². The van der Waals surface area contributed by atoms with Gasteiger partial charge in [0.05, 0.1) is 18.0 Å². The number of rotatable bonds is 2. The summed E-state index contributed by atoms with van der Waals surface area (Å²) in [5, 5.41) is 0. The molecule has 4 heteroatoms. The monoisotopic (exact) mass is 190 g/mol. The molecular weight excluding hydrogens is 176 g/mol. The van der Waals surface area contributed by atoms with Crippen LogP contribution >= 0.6 is 0 Å². The molecule has 0 atom stereocenters. The number of pyridine rings is 1. The Morgan fingerprint density at radius 1 is 1.43 bits per heavy atom. The zero-order chi connectivity index (χ0) is 10.1. The van der Waals surface area contributed by atoms with Crippen LogP contribution in [0.5, 0.6) is 0 Å². The summed E-state index contributed by atoms with van der Waals surface area (Å²) < 4.78 is 2.00. The van der Waals surface area contributed by atoms with Crippen LogP contribution in [0.1, 0.15) is 6.92 Å². The van der Waals surface area contributed by atoms with Crippen molar-refractivity contribution in [2.24, 2.45) is 7.05 Å². The largest absolute Gasteiger partial charge is 0.360 e. The first-order chi connectivity index (χ1) is 6.72. The van der Waals surface area contributed by atoms with E-state index < -0.39 is 0 Å². The predicted octanol–water partition coefficient (Wildman–Crippen LogP) is 1.42. The Balaban J connectivity index is 2.54. The molecular formula is C10H14N4. The summed E-state index contributed by atoms with van der Waals surface area (Å²) in [6.45, 7) is 3.06. The number of anilines is 1. The first kappa shape index (κ1) is 8.99. The third-order valence-corrected chi connectivity index (χ3v) is 2.46. The minimum atomic E-state index is 0.945. The van der Waals surface area contributed by atoms with Gasteiger partial charge in [-0.3, -0.25) is 0 Å². The van der Waals surface area contributed by atoms with Crippen LogP contribution < -0.4 is 4.90 Å². The van der Waals surface area contributed by atoms with Crippen molar-refractivity contribution < 1.29 is 0 Å². The van der Waals surface area contributed by atoms with E-state index in [4.69, 9.17) is 0 Å². The number of fused-ring (bicyclic) bond motifs is 1. The van der Waals surface area contributed by atoms with E-state index in [0.717, 1.165) is 23.4 Å². The van der Waals surface area contributed by atoms with Gasteiger partial charge in [0.1, 0.15) is 11.3 Å². The second-order valence-electron chi connectivity index (χ2n) is 3.40. The molecule has 2 heterocycles. The van der Waals surface area contributed by atoms with E-state index >= 15 is 0 Å². The summed E-state index contributed by atoms with van der Waals surface area (Å²) >= 11 is 0. The standard InChI is InChI=1S/C10H14N4/c1-4-13(2)10-5-9-8(6-11-10)12-7-14(9)3/h5-7H,4H2,1-3H3. The highest BCUT2D eigenvalue weighted by molar-refractivity contribution is 5.77. The van der Waals surface area contributed by atoms with Crippen LogP contribution in [0.25, 0.3) is 11.0 Å². The lowest BCUT2D eigenvalue weighted by atomic mass is 10.3. The summed E-state index contributed by atoms with van der Waals surface area (Å²) in [4.78, 5) is 10.7. The highest BCUT2D eigenvalue weighted by Crippen LogP contribution is 2.16. The van der Waals surface area contributed by atoms with E-state index in [1.165, 1.54) is 0 Å². The van der Waals surface area contributed by atoms with Crippen molar-refractivity contribution in [1.82, 2.24) is 14.5 Å². The molecule has 14 heavy (non-hydrogen) atoms. The zero-order valence-electron chi connectivity index (χ0n) is 8.73. The minimum absolute atomic E-state index is 0.945. The number of imidazole rings is 1. The van der Waals surface area contributed by atoms with Gasteiger partial charge in [-0.1, -0.05) is 0 Å². The topological polar surface area (TPSA) is 34.0 Å². The molecule has 0 aliphatic heterocycles. The highest BCUT2D eigenvalue weighted by Gasteiger charge is 2.04. The summed E-state index contributed by atoms with van der Waals surface area (Å²) in [6.07, 6.45) is 3.62. The Morgan fingerprint density at radius 3 is 2.93 bits per heavy atom. The molecule has 0 unspecified atom stereocenters. The van der Waals surface area contributed by atoms with Gasteiger partial charge in [-0.2, -0.15) is 0 Å². The quantitative estimate of drug-likeness (QED) is 0.718. The highest BCUT2D eigenvalue weighted by atomic mass is 15.2. The third kappa shape index (κ3) is 1.32. The molecule has 0 fully saturated rings. The Hall–Kier alpha value is -1.58. The van der Waals surface area contributed by atoms with E-state index in [9.17, 15) is 0 Å². The maximum Gasteiger partial charge on any atom is 0.130 e. The summed E-state index contributed by atoms with van der Waals surface area (Å²) in [5.41, 5.74) is 2.07. The lowest BCUT2D eigenvalue weighted by Gasteiger charge is -2.14. The van der Waals surface area contributed by atoms with Crippen LogP contribution in [0.4, 0.5) is 5.82 Å². The van der Waals surface area contributed by atoms with Crippen molar-refractivity contribution in [3.8, 4) is 0 Å². The number of hydrogen-bond donors (Lipinski definition) is 0. The van der Waals surface area contributed by atoms with Gasteiger partial charge in [-0.25, -0.2) is 9.97 Å². The maximum absolute atomic E-state index is 4.34. The molecule has 0 radical (unpaired) electrons. The predicted molar refractivity (Wildman–Crippen MR) is 57.5 cm³/mol. The summed E-state index contributed by atoms with van der Waals surface area (Å²) in [6, 6.07) is 2.06. The van der Waals surface area contributed by atoms with Crippen molar-refractivity contribution in [2.45, 2.75) is 6.92 Å². The summed E-state index contributed by atoms with van der Waals surface area (Å²) in [7, 11) is 4.02. The number of hydrogen-bond acceptors (Lipinski definition) is 3. The Bertz CT molecular complexity index is 446. The molecule has 0 N–H and O–H groups in total. The minimum Gasteiger partial charge on any atom is -0.360 e. The molecule has 2 rings (SSSR count). The van der Waals surface area contributed by atoms with Crippen LogP contribution in [-0.4, -0.2) is 28.1 Å². The number of nitrogens with zero attached hydrogens (tertiary/aromatic N) is 4. The molecule has 2 aromatic rings. The second-order valence-corrected chi connectivity index (χ2v) is 3.40. The van der Waals surface area contributed by atoms with Crippen molar-refractivity contribution >= 4 is 16.9 Å². The van der Waals surface area contributed by atoms with Gasteiger partial charge in [0.15, 0.2) is 0 Å². The molecule has 0 aliphatic rings. The lowest BCUT2D eigenvalue weighted by Crippen LogP contribution is -2.16. The fourth-order valence-corrected chi connectivity index (χ4v) is 1.39. The molecule has 0 bridgehead atoms. The van der Waals surface area contributed by atoms with E-state index in [0.29, 0.717) is 0 Å². The molecule has 0 amide bonds. The summed E-state index contributed by atoms with van der Waals surface area (Å²) in [5.74, 6) is 0.989. The molecule has 4 nitrogen and oxygen atoms in total. The molecule has 74 valence electrons. The van der Waals surface area contributed by atoms with Crippen molar-refractivity contribution in [2.75, 3.05) is 18.5 Å². The normalized spacial score (nSPS) is 10.8. The zero-order valence-corrected chi connectivity index (χ0v) is 8.73. The maximum atomic E-state index is 4.34. The van der Waals surface area contributed by atoms with Gasteiger partial charge in [0.2, 0.25) is 0 Å². The van der Waals surface area contributed by atoms with E-state index in [2.05, 4.69) is 27.9 Å². The Labute approximate surface area is 83.2 Å². The van der Waals surface area contributed by atoms with E-state index in [1.807, 2.05) is 31.2 Å². The van der Waals surface area contributed by atoms with Crippen molar-refractivity contribution in [1.29, 1.82) is 0 Å². The molecule has 0 saturated carbocycles. The van der Waals surface area contributed by atoms with Crippen LogP contribution in [0.15, 0.2) is 18.6 Å². The van der Waals surface area contributed by atoms with Crippen LogP contribution in [0, 0.1) is 0 Å². The molecule has 0 spiro atoms. The van der Waals surface area contributed by atoms with Crippen LogP contribution in [-0.2, 0) is 7.05 Å². The van der Waals surface area contributed by atoms with Gasteiger partial charge in [-0.15, -0.1) is 0 Å². The first-order valence-electron chi connectivity index (χ1n) is 4.70. The van der Waals surface area contributed by atoms with Crippen molar-refractivity contribution in [3.63, 3.8) is 0 Å². The SMILES string of the molecule is CCN(C)c1cc2c(cn1)ncn2C. The third-order valence-electron chi connectivity index (χ3n) is 2.46. The van der Waals surface area contributed by atoms with Gasteiger partial charge in [-0.05, 0) is 6.92 Å². The number of aryl methyl sites for hydroxylation is 1. The molecule has 0 aromatic carbocycles. The van der Waals surface area contributed by atoms with Crippen LogP contribution in [0.3, 0.4) is 0 Å². The average Bonchev–Trinajstić information content (AvgIpc) is 2.59. The molecule has 0 aliphatic carbocycles. The van der Waals surface area contributed by atoms with Gasteiger partial charge in [0.25, 0.3) is 0 Å². The van der Waals surface area contributed by atoms with E-state index in [1.54, 1.807) is 0 Å².